The third-order valence-corrected chi connectivity index (χ3v) is 4.36. The van der Waals surface area contributed by atoms with E-state index in [9.17, 15) is 19.8 Å². The first-order valence-corrected chi connectivity index (χ1v) is 8.26. The highest BCUT2D eigenvalue weighted by molar-refractivity contribution is 6.30. The van der Waals surface area contributed by atoms with Crippen LogP contribution in [0.1, 0.15) is 34.0 Å². The Hall–Kier alpha value is -2.99. The standard InChI is InChI=1S/C19H17ClN2O4/c1-9-6-13(23)16(18(25)21-9)15(11-4-3-5-12(20)8-11)17-14(24)7-10(2)22-19(17)26/h3-8,15H,1-2H3,(H2,21,23,25)(H2,22,24,26). The third kappa shape index (κ3) is 3.23. The molecule has 26 heavy (non-hydrogen) atoms. The van der Waals surface area contributed by atoms with E-state index in [4.69, 9.17) is 11.6 Å². The lowest BCUT2D eigenvalue weighted by Crippen LogP contribution is -2.24. The summed E-state index contributed by atoms with van der Waals surface area (Å²) >= 11 is 6.08. The molecule has 0 aliphatic rings. The van der Waals surface area contributed by atoms with Gasteiger partial charge in [-0.05, 0) is 43.7 Å². The van der Waals surface area contributed by atoms with Crippen molar-refractivity contribution in [2.75, 3.05) is 0 Å². The van der Waals surface area contributed by atoms with Gasteiger partial charge in [0.2, 0.25) is 0 Å². The normalized spacial score (nSPS) is 11.1. The predicted octanol–water partition coefficient (Wildman–Crippen LogP) is 2.92. The molecule has 0 amide bonds. The van der Waals surface area contributed by atoms with Crippen molar-refractivity contribution in [2.24, 2.45) is 0 Å². The Balaban J connectivity index is 2.40. The minimum Gasteiger partial charge on any atom is -0.507 e. The number of benzene rings is 1. The number of aryl methyl sites for hydroxylation is 2. The van der Waals surface area contributed by atoms with Crippen molar-refractivity contribution in [3.8, 4) is 11.5 Å². The Bertz CT molecular complexity index is 1040. The van der Waals surface area contributed by atoms with Crippen molar-refractivity contribution in [3.05, 3.63) is 90.2 Å². The third-order valence-electron chi connectivity index (χ3n) is 4.13. The topological polar surface area (TPSA) is 106 Å². The molecule has 1 aromatic carbocycles. The molecule has 3 aromatic rings. The van der Waals surface area contributed by atoms with Gasteiger partial charge in [0.15, 0.2) is 0 Å². The summed E-state index contributed by atoms with van der Waals surface area (Å²) in [5, 5.41) is 21.2. The van der Waals surface area contributed by atoms with Gasteiger partial charge in [-0.15, -0.1) is 0 Å². The highest BCUT2D eigenvalue weighted by atomic mass is 35.5. The van der Waals surface area contributed by atoms with E-state index >= 15 is 0 Å². The summed E-state index contributed by atoms with van der Waals surface area (Å²) in [7, 11) is 0. The second-order valence-electron chi connectivity index (χ2n) is 6.15. The smallest absolute Gasteiger partial charge is 0.256 e. The molecule has 0 spiro atoms. The van der Waals surface area contributed by atoms with Crippen LogP contribution in [0.4, 0.5) is 0 Å². The minimum atomic E-state index is -0.998. The van der Waals surface area contributed by atoms with Crippen LogP contribution >= 0.6 is 11.6 Å². The van der Waals surface area contributed by atoms with Gasteiger partial charge in [0.05, 0.1) is 17.0 Å². The van der Waals surface area contributed by atoms with Gasteiger partial charge in [-0.25, -0.2) is 0 Å². The highest BCUT2D eigenvalue weighted by Crippen LogP contribution is 2.37. The van der Waals surface area contributed by atoms with Crippen molar-refractivity contribution in [1.29, 1.82) is 0 Å². The Morgan fingerprint density at radius 1 is 0.885 bits per heavy atom. The zero-order valence-electron chi connectivity index (χ0n) is 14.1. The highest BCUT2D eigenvalue weighted by Gasteiger charge is 2.29. The molecule has 4 N–H and O–H groups in total. The number of pyridine rings is 2. The Morgan fingerprint density at radius 3 is 1.81 bits per heavy atom. The Morgan fingerprint density at radius 2 is 1.38 bits per heavy atom. The maximum absolute atomic E-state index is 12.6. The first kappa shape index (κ1) is 17.8. The maximum atomic E-state index is 12.6. The number of aromatic amines is 2. The van der Waals surface area contributed by atoms with Gasteiger partial charge >= 0.3 is 0 Å². The molecule has 0 atom stereocenters. The molecule has 7 heteroatoms. The molecular formula is C19H17ClN2O4. The Labute approximate surface area is 153 Å². The number of aromatic hydroxyl groups is 2. The average molecular weight is 373 g/mol. The molecule has 2 heterocycles. The molecule has 2 aromatic heterocycles. The number of nitrogens with one attached hydrogen (secondary N) is 2. The number of rotatable bonds is 3. The average Bonchev–Trinajstić information content (AvgIpc) is 2.51. The van der Waals surface area contributed by atoms with E-state index in [0.717, 1.165) is 0 Å². The van der Waals surface area contributed by atoms with Gasteiger partial charge in [-0.2, -0.15) is 0 Å². The fourth-order valence-electron chi connectivity index (χ4n) is 3.09. The van der Waals surface area contributed by atoms with Gasteiger partial charge in [0.1, 0.15) is 11.5 Å². The molecule has 0 radical (unpaired) electrons. The monoisotopic (exact) mass is 372 g/mol. The van der Waals surface area contributed by atoms with Crippen LogP contribution in [0.5, 0.6) is 11.5 Å². The van der Waals surface area contributed by atoms with Crippen molar-refractivity contribution in [1.82, 2.24) is 9.97 Å². The van der Waals surface area contributed by atoms with E-state index in [2.05, 4.69) is 9.97 Å². The number of H-pyrrole nitrogens is 2. The van der Waals surface area contributed by atoms with Crippen LogP contribution in [0, 0.1) is 13.8 Å². The van der Waals surface area contributed by atoms with Gasteiger partial charge in [-0.3, -0.25) is 9.59 Å². The number of hydrogen-bond acceptors (Lipinski definition) is 4. The molecule has 0 fully saturated rings. The number of halogens is 1. The van der Waals surface area contributed by atoms with E-state index in [1.54, 1.807) is 38.1 Å². The summed E-state index contributed by atoms with van der Waals surface area (Å²) in [5.41, 5.74) is 0.266. The summed E-state index contributed by atoms with van der Waals surface area (Å²) in [6.07, 6.45) is 0. The predicted molar refractivity (Wildman–Crippen MR) is 99.3 cm³/mol. The van der Waals surface area contributed by atoms with Crippen LogP contribution in [0.3, 0.4) is 0 Å². The van der Waals surface area contributed by atoms with E-state index in [1.807, 2.05) is 0 Å². The molecular weight excluding hydrogens is 356 g/mol. The lowest BCUT2D eigenvalue weighted by Gasteiger charge is -2.20. The van der Waals surface area contributed by atoms with Gasteiger partial charge in [0, 0.05) is 16.4 Å². The summed E-state index contributed by atoms with van der Waals surface area (Å²) in [4.78, 5) is 30.4. The fraction of sp³-hybridized carbons (Fsp3) is 0.158. The summed E-state index contributed by atoms with van der Waals surface area (Å²) < 4.78 is 0. The van der Waals surface area contributed by atoms with E-state index in [1.165, 1.54) is 12.1 Å². The molecule has 0 unspecified atom stereocenters. The second kappa shape index (κ2) is 6.72. The van der Waals surface area contributed by atoms with Crippen LogP contribution in [-0.2, 0) is 0 Å². The number of hydrogen-bond donors (Lipinski definition) is 4. The molecule has 3 rings (SSSR count). The van der Waals surface area contributed by atoms with Crippen LogP contribution in [0.2, 0.25) is 5.02 Å². The molecule has 0 bridgehead atoms. The first-order valence-electron chi connectivity index (χ1n) is 7.89. The molecule has 0 aliphatic heterocycles. The minimum absolute atomic E-state index is 0.0393. The molecule has 0 saturated heterocycles. The van der Waals surface area contributed by atoms with E-state index in [-0.39, 0.29) is 22.6 Å². The maximum Gasteiger partial charge on any atom is 0.256 e. The molecule has 134 valence electrons. The Kier molecular flexibility index (Phi) is 4.61. The zero-order valence-corrected chi connectivity index (χ0v) is 14.9. The summed E-state index contributed by atoms with van der Waals surface area (Å²) in [6.45, 7) is 3.27. The fourth-order valence-corrected chi connectivity index (χ4v) is 3.28. The van der Waals surface area contributed by atoms with E-state index in [0.29, 0.717) is 22.0 Å². The largest absolute Gasteiger partial charge is 0.507 e. The van der Waals surface area contributed by atoms with E-state index < -0.39 is 17.0 Å². The molecule has 6 nitrogen and oxygen atoms in total. The first-order chi connectivity index (χ1) is 12.3. The second-order valence-corrected chi connectivity index (χ2v) is 6.59. The lowest BCUT2D eigenvalue weighted by molar-refractivity contribution is 0.454. The lowest BCUT2D eigenvalue weighted by atomic mass is 9.85. The quantitative estimate of drug-likeness (QED) is 0.567. The van der Waals surface area contributed by atoms with Crippen molar-refractivity contribution >= 4 is 11.6 Å². The molecule has 0 saturated carbocycles. The zero-order chi connectivity index (χ0) is 19.0. The van der Waals surface area contributed by atoms with Crippen molar-refractivity contribution in [3.63, 3.8) is 0 Å². The van der Waals surface area contributed by atoms with Gasteiger partial charge in [-0.1, -0.05) is 23.7 Å². The van der Waals surface area contributed by atoms with Gasteiger partial charge in [0.25, 0.3) is 11.1 Å². The SMILES string of the molecule is Cc1cc(O)c(C(c2cccc(Cl)c2)c2c(O)cc(C)[nH]c2=O)c(=O)[nH]1. The van der Waals surface area contributed by atoms with Gasteiger partial charge < -0.3 is 20.2 Å². The van der Waals surface area contributed by atoms with Crippen LogP contribution in [-0.4, -0.2) is 20.2 Å². The number of aromatic nitrogens is 2. The molecule has 0 aliphatic carbocycles. The van der Waals surface area contributed by atoms with Crippen LogP contribution < -0.4 is 11.1 Å². The van der Waals surface area contributed by atoms with Crippen molar-refractivity contribution in [2.45, 2.75) is 19.8 Å². The van der Waals surface area contributed by atoms with Crippen molar-refractivity contribution < 1.29 is 10.2 Å². The van der Waals surface area contributed by atoms with Crippen LogP contribution in [0.15, 0.2) is 46.0 Å². The van der Waals surface area contributed by atoms with Crippen LogP contribution in [0.25, 0.3) is 0 Å². The summed E-state index contributed by atoms with van der Waals surface area (Å²) in [5.74, 6) is -1.53. The summed E-state index contributed by atoms with van der Waals surface area (Å²) in [6, 6.07) is 9.38.